The fourth-order valence-electron chi connectivity index (χ4n) is 1.88. The van der Waals surface area contributed by atoms with E-state index in [1.54, 1.807) is 25.3 Å². The standard InChI is InChI=1S/C14H10F3N3/c1-9-11(3-2-5-19-9)12(8-18)13-7-10(4-6-20-13)14(15,16)17/h2-7,12H,1H3. The Morgan fingerprint density at radius 2 is 1.95 bits per heavy atom. The van der Waals surface area contributed by atoms with Crippen LogP contribution in [0.4, 0.5) is 13.2 Å². The lowest BCUT2D eigenvalue weighted by Gasteiger charge is -2.13. The maximum Gasteiger partial charge on any atom is 0.416 e. The van der Waals surface area contributed by atoms with Crippen molar-refractivity contribution in [3.05, 3.63) is 59.2 Å². The number of halogens is 3. The van der Waals surface area contributed by atoms with E-state index in [0.717, 1.165) is 18.3 Å². The molecular weight excluding hydrogens is 267 g/mol. The maximum absolute atomic E-state index is 12.7. The highest BCUT2D eigenvalue weighted by molar-refractivity contribution is 5.38. The number of rotatable bonds is 2. The van der Waals surface area contributed by atoms with E-state index in [9.17, 15) is 18.4 Å². The van der Waals surface area contributed by atoms with Gasteiger partial charge in [-0.2, -0.15) is 18.4 Å². The van der Waals surface area contributed by atoms with Crippen LogP contribution in [0.1, 0.15) is 28.4 Å². The smallest absolute Gasteiger partial charge is 0.261 e. The third kappa shape index (κ3) is 2.77. The summed E-state index contributed by atoms with van der Waals surface area (Å²) in [5.41, 5.74) is 0.405. The maximum atomic E-state index is 12.7. The second kappa shape index (κ2) is 5.29. The number of hydrogen-bond acceptors (Lipinski definition) is 3. The number of nitrogens with zero attached hydrogens (tertiary/aromatic N) is 3. The summed E-state index contributed by atoms with van der Waals surface area (Å²) < 4.78 is 38.1. The molecule has 3 nitrogen and oxygen atoms in total. The van der Waals surface area contributed by atoms with E-state index < -0.39 is 17.7 Å². The molecule has 0 aliphatic rings. The lowest BCUT2D eigenvalue weighted by Crippen LogP contribution is -2.09. The molecule has 20 heavy (non-hydrogen) atoms. The summed E-state index contributed by atoms with van der Waals surface area (Å²) in [5.74, 6) is -0.869. The van der Waals surface area contributed by atoms with Crippen molar-refractivity contribution in [3.8, 4) is 6.07 Å². The van der Waals surface area contributed by atoms with E-state index >= 15 is 0 Å². The van der Waals surface area contributed by atoms with E-state index in [1.165, 1.54) is 0 Å². The van der Waals surface area contributed by atoms with E-state index in [2.05, 4.69) is 9.97 Å². The van der Waals surface area contributed by atoms with Crippen LogP contribution in [0.15, 0.2) is 36.7 Å². The second-order valence-electron chi connectivity index (χ2n) is 4.21. The Morgan fingerprint density at radius 3 is 2.55 bits per heavy atom. The number of aryl methyl sites for hydroxylation is 1. The Morgan fingerprint density at radius 1 is 1.20 bits per heavy atom. The predicted molar refractivity (Wildman–Crippen MR) is 65.7 cm³/mol. The molecule has 6 heteroatoms. The fourth-order valence-corrected chi connectivity index (χ4v) is 1.88. The highest BCUT2D eigenvalue weighted by Gasteiger charge is 2.31. The molecule has 0 fully saturated rings. The summed E-state index contributed by atoms with van der Waals surface area (Å²) in [4.78, 5) is 7.93. The first kappa shape index (κ1) is 14.0. The Bertz CT molecular complexity index is 659. The molecule has 0 saturated heterocycles. The first-order chi connectivity index (χ1) is 9.43. The van der Waals surface area contributed by atoms with Crippen LogP contribution in [-0.2, 0) is 6.18 Å². The van der Waals surface area contributed by atoms with Crippen LogP contribution < -0.4 is 0 Å². The number of pyridine rings is 2. The summed E-state index contributed by atoms with van der Waals surface area (Å²) in [6.45, 7) is 1.70. The van der Waals surface area contributed by atoms with E-state index in [-0.39, 0.29) is 5.69 Å². The minimum absolute atomic E-state index is 0.0680. The van der Waals surface area contributed by atoms with Gasteiger partial charge in [0.25, 0.3) is 0 Å². The summed E-state index contributed by atoms with van der Waals surface area (Å²) in [5, 5.41) is 9.25. The zero-order valence-electron chi connectivity index (χ0n) is 10.5. The molecule has 0 saturated carbocycles. The van der Waals surface area contributed by atoms with E-state index in [4.69, 9.17) is 0 Å². The monoisotopic (exact) mass is 277 g/mol. The molecule has 2 heterocycles. The highest BCUT2D eigenvalue weighted by Crippen LogP contribution is 2.32. The van der Waals surface area contributed by atoms with E-state index in [0.29, 0.717) is 11.3 Å². The lowest BCUT2D eigenvalue weighted by molar-refractivity contribution is -0.137. The van der Waals surface area contributed by atoms with Gasteiger partial charge in [0.15, 0.2) is 0 Å². The van der Waals surface area contributed by atoms with Crippen LogP contribution in [0.5, 0.6) is 0 Å². The molecule has 2 rings (SSSR count). The van der Waals surface area contributed by atoms with Gasteiger partial charge in [0.1, 0.15) is 5.92 Å². The molecule has 1 unspecified atom stereocenters. The van der Waals surface area contributed by atoms with Crippen LogP contribution in [0, 0.1) is 18.3 Å². The summed E-state index contributed by atoms with van der Waals surface area (Å²) in [6, 6.07) is 7.07. The van der Waals surface area contributed by atoms with Crippen LogP contribution in [0.3, 0.4) is 0 Å². The first-order valence-electron chi connectivity index (χ1n) is 5.77. The van der Waals surface area contributed by atoms with Crippen molar-refractivity contribution >= 4 is 0 Å². The van der Waals surface area contributed by atoms with Crippen LogP contribution in [0.2, 0.25) is 0 Å². The quantitative estimate of drug-likeness (QED) is 0.844. The van der Waals surface area contributed by atoms with Gasteiger partial charge in [-0.15, -0.1) is 0 Å². The SMILES string of the molecule is Cc1ncccc1C(C#N)c1cc(C(F)(F)F)ccn1. The molecule has 0 amide bonds. The number of hydrogen-bond donors (Lipinski definition) is 0. The number of nitriles is 1. The minimum atomic E-state index is -4.46. The van der Waals surface area contributed by atoms with Crippen molar-refractivity contribution in [3.63, 3.8) is 0 Å². The first-order valence-corrected chi connectivity index (χ1v) is 5.77. The molecule has 0 spiro atoms. The average molecular weight is 277 g/mol. The molecule has 0 bridgehead atoms. The molecule has 0 aliphatic heterocycles. The van der Waals surface area contributed by atoms with Crippen molar-refractivity contribution in [2.24, 2.45) is 0 Å². The van der Waals surface area contributed by atoms with Crippen LogP contribution >= 0.6 is 0 Å². The van der Waals surface area contributed by atoms with Crippen molar-refractivity contribution < 1.29 is 13.2 Å². The molecule has 0 aromatic carbocycles. The van der Waals surface area contributed by atoms with Crippen LogP contribution in [0.25, 0.3) is 0 Å². The molecule has 0 aliphatic carbocycles. The van der Waals surface area contributed by atoms with Gasteiger partial charge in [0.2, 0.25) is 0 Å². The zero-order valence-corrected chi connectivity index (χ0v) is 10.5. The van der Waals surface area contributed by atoms with Crippen molar-refractivity contribution in [1.29, 1.82) is 5.26 Å². The largest absolute Gasteiger partial charge is 0.416 e. The summed E-state index contributed by atoms with van der Waals surface area (Å²) in [7, 11) is 0. The predicted octanol–water partition coefficient (Wildman–Crippen LogP) is 3.46. The third-order valence-electron chi connectivity index (χ3n) is 2.89. The van der Waals surface area contributed by atoms with Crippen molar-refractivity contribution in [2.45, 2.75) is 19.0 Å². The molecule has 2 aromatic heterocycles. The molecule has 0 N–H and O–H groups in total. The van der Waals surface area contributed by atoms with Gasteiger partial charge < -0.3 is 0 Å². The van der Waals surface area contributed by atoms with Crippen LogP contribution in [-0.4, -0.2) is 9.97 Å². The summed E-state index contributed by atoms with van der Waals surface area (Å²) >= 11 is 0. The van der Waals surface area contributed by atoms with Crippen molar-refractivity contribution in [1.82, 2.24) is 9.97 Å². The topological polar surface area (TPSA) is 49.6 Å². The molecule has 0 radical (unpaired) electrons. The second-order valence-corrected chi connectivity index (χ2v) is 4.21. The third-order valence-corrected chi connectivity index (χ3v) is 2.89. The zero-order chi connectivity index (χ0) is 14.8. The molecule has 1 atom stereocenters. The summed E-state index contributed by atoms with van der Waals surface area (Å²) in [6.07, 6.45) is -1.83. The Kier molecular flexibility index (Phi) is 3.70. The van der Waals surface area contributed by atoms with Crippen molar-refractivity contribution in [2.75, 3.05) is 0 Å². The van der Waals surface area contributed by atoms with Gasteiger partial charge in [-0.3, -0.25) is 9.97 Å². The molecule has 102 valence electrons. The van der Waals surface area contributed by atoms with Gasteiger partial charge >= 0.3 is 6.18 Å². The highest BCUT2D eigenvalue weighted by atomic mass is 19.4. The van der Waals surface area contributed by atoms with Gasteiger partial charge in [-0.05, 0) is 30.7 Å². The van der Waals surface area contributed by atoms with Gasteiger partial charge in [0, 0.05) is 18.1 Å². The normalized spacial score (nSPS) is 12.8. The van der Waals surface area contributed by atoms with Gasteiger partial charge in [0.05, 0.1) is 17.3 Å². The van der Waals surface area contributed by atoms with Gasteiger partial charge in [-0.25, -0.2) is 0 Å². The number of aromatic nitrogens is 2. The molecular formula is C14H10F3N3. The fraction of sp³-hybridized carbons (Fsp3) is 0.214. The average Bonchev–Trinajstić information content (AvgIpc) is 2.41. The Balaban J connectivity index is 2.49. The lowest BCUT2D eigenvalue weighted by atomic mass is 9.94. The van der Waals surface area contributed by atoms with Gasteiger partial charge in [-0.1, -0.05) is 6.07 Å². The Labute approximate surface area is 113 Å². The van der Waals surface area contributed by atoms with E-state index in [1.807, 2.05) is 6.07 Å². The molecule has 2 aromatic rings. The Hall–Kier alpha value is -2.42. The minimum Gasteiger partial charge on any atom is -0.261 e. The number of alkyl halides is 3.